The molecule has 7 nitrogen and oxygen atoms in total. The maximum absolute atomic E-state index is 12.2. The average molecular weight is 295 g/mol. The van der Waals surface area contributed by atoms with Crippen molar-refractivity contribution in [2.24, 2.45) is 11.8 Å². The van der Waals surface area contributed by atoms with Crippen LogP contribution in [0.5, 0.6) is 0 Å². The molecule has 0 spiro atoms. The van der Waals surface area contributed by atoms with Gasteiger partial charge in [0.25, 0.3) is 0 Å². The van der Waals surface area contributed by atoms with E-state index in [2.05, 4.69) is 10.4 Å². The molecule has 1 amide bonds. The second-order valence-corrected chi connectivity index (χ2v) is 5.37. The van der Waals surface area contributed by atoms with Crippen LogP contribution < -0.4 is 5.32 Å². The van der Waals surface area contributed by atoms with Gasteiger partial charge in [-0.2, -0.15) is 5.10 Å². The van der Waals surface area contributed by atoms with E-state index in [0.29, 0.717) is 31.7 Å². The van der Waals surface area contributed by atoms with Gasteiger partial charge in [0, 0.05) is 19.2 Å². The van der Waals surface area contributed by atoms with Crippen molar-refractivity contribution >= 4 is 17.6 Å². The Balaban J connectivity index is 1.88. The monoisotopic (exact) mass is 295 g/mol. The Kier molecular flexibility index (Phi) is 5.32. The molecule has 21 heavy (non-hydrogen) atoms. The van der Waals surface area contributed by atoms with Crippen molar-refractivity contribution in [3.05, 3.63) is 12.4 Å². The van der Waals surface area contributed by atoms with Crippen molar-refractivity contribution in [1.82, 2.24) is 9.78 Å². The molecule has 1 heterocycles. The summed E-state index contributed by atoms with van der Waals surface area (Å²) in [6.45, 7) is 1.18. The first-order valence-electron chi connectivity index (χ1n) is 7.15. The summed E-state index contributed by atoms with van der Waals surface area (Å²) in [5.74, 6) is -1.56. The highest BCUT2D eigenvalue weighted by atomic mass is 16.5. The Morgan fingerprint density at radius 1 is 1.48 bits per heavy atom. The van der Waals surface area contributed by atoms with Crippen LogP contribution in [0.4, 0.5) is 5.69 Å². The van der Waals surface area contributed by atoms with Crippen molar-refractivity contribution in [3.63, 3.8) is 0 Å². The number of hydrogen-bond acceptors (Lipinski definition) is 4. The molecule has 2 rings (SSSR count). The predicted molar refractivity (Wildman–Crippen MR) is 75.8 cm³/mol. The van der Waals surface area contributed by atoms with Gasteiger partial charge < -0.3 is 15.2 Å². The fraction of sp³-hybridized carbons (Fsp3) is 0.643. The molecule has 0 saturated heterocycles. The summed E-state index contributed by atoms with van der Waals surface area (Å²) >= 11 is 0. The number of carboxylic acid groups (broad SMARTS) is 1. The first-order valence-corrected chi connectivity index (χ1v) is 7.15. The van der Waals surface area contributed by atoms with E-state index in [1.807, 2.05) is 0 Å². The highest BCUT2D eigenvalue weighted by Crippen LogP contribution is 2.30. The van der Waals surface area contributed by atoms with Gasteiger partial charge >= 0.3 is 5.97 Å². The number of rotatable bonds is 6. The number of nitrogens with one attached hydrogen (secondary N) is 1. The van der Waals surface area contributed by atoms with Gasteiger partial charge in [0.2, 0.25) is 5.91 Å². The van der Waals surface area contributed by atoms with E-state index < -0.39 is 11.9 Å². The number of anilines is 1. The lowest BCUT2D eigenvalue weighted by atomic mass is 9.81. The number of hydrogen-bond donors (Lipinski definition) is 2. The number of amides is 1. The van der Waals surface area contributed by atoms with E-state index in [0.717, 1.165) is 12.8 Å². The highest BCUT2D eigenvalue weighted by Gasteiger charge is 2.31. The van der Waals surface area contributed by atoms with Gasteiger partial charge in [-0.25, -0.2) is 0 Å². The summed E-state index contributed by atoms with van der Waals surface area (Å²) in [4.78, 5) is 23.2. The zero-order chi connectivity index (χ0) is 15.2. The van der Waals surface area contributed by atoms with Crippen molar-refractivity contribution < 1.29 is 19.4 Å². The Bertz CT molecular complexity index is 500. The molecular formula is C14H21N3O4. The largest absolute Gasteiger partial charge is 0.481 e. The molecule has 116 valence electrons. The number of aromatic nitrogens is 2. The second kappa shape index (κ2) is 7.21. The van der Waals surface area contributed by atoms with Crippen molar-refractivity contribution in [1.29, 1.82) is 0 Å². The minimum atomic E-state index is -0.806. The molecule has 2 atom stereocenters. The standard InChI is InChI=1S/C14H21N3O4/c1-21-6-5-17-9-12(8-15-17)16-13(18)10-3-2-4-11(7-10)14(19)20/h8-11H,2-7H2,1H3,(H,16,18)(H,19,20). The third kappa shape index (κ3) is 4.29. The first-order chi connectivity index (χ1) is 10.1. The zero-order valence-electron chi connectivity index (χ0n) is 12.1. The minimum Gasteiger partial charge on any atom is -0.481 e. The van der Waals surface area contributed by atoms with Gasteiger partial charge in [0.05, 0.1) is 31.0 Å². The quantitative estimate of drug-likeness (QED) is 0.826. The molecule has 0 radical (unpaired) electrons. The van der Waals surface area contributed by atoms with E-state index in [4.69, 9.17) is 9.84 Å². The lowest BCUT2D eigenvalue weighted by molar-refractivity contribution is -0.143. The van der Waals surface area contributed by atoms with Gasteiger partial charge in [-0.05, 0) is 19.3 Å². The maximum atomic E-state index is 12.2. The molecule has 1 saturated carbocycles. The molecule has 1 aliphatic carbocycles. The SMILES string of the molecule is COCCn1cc(NC(=O)C2CCCC(C(=O)O)C2)cn1. The Morgan fingerprint density at radius 2 is 2.24 bits per heavy atom. The molecule has 0 bridgehead atoms. The van der Waals surface area contributed by atoms with Gasteiger partial charge in [0.15, 0.2) is 0 Å². The van der Waals surface area contributed by atoms with Crippen LogP contribution in [-0.2, 0) is 20.9 Å². The number of nitrogens with zero attached hydrogens (tertiary/aromatic N) is 2. The third-order valence-electron chi connectivity index (χ3n) is 3.82. The van der Waals surface area contributed by atoms with Crippen LogP contribution in [0, 0.1) is 11.8 Å². The molecule has 1 aliphatic rings. The molecular weight excluding hydrogens is 274 g/mol. The molecule has 1 fully saturated rings. The molecule has 1 aromatic rings. The normalized spacial score (nSPS) is 22.0. The van der Waals surface area contributed by atoms with Gasteiger partial charge in [-0.3, -0.25) is 14.3 Å². The summed E-state index contributed by atoms with van der Waals surface area (Å²) in [6, 6.07) is 0. The van der Waals surface area contributed by atoms with Gasteiger partial charge in [-0.15, -0.1) is 0 Å². The highest BCUT2D eigenvalue weighted by molar-refractivity contribution is 5.92. The van der Waals surface area contributed by atoms with Crippen LogP contribution in [0.1, 0.15) is 25.7 Å². The molecule has 0 aliphatic heterocycles. The van der Waals surface area contributed by atoms with Gasteiger partial charge in [0.1, 0.15) is 0 Å². The van der Waals surface area contributed by atoms with E-state index in [1.54, 1.807) is 24.2 Å². The Morgan fingerprint density at radius 3 is 2.95 bits per heavy atom. The smallest absolute Gasteiger partial charge is 0.306 e. The molecule has 7 heteroatoms. The van der Waals surface area contributed by atoms with E-state index in [1.165, 1.54) is 0 Å². The molecule has 2 unspecified atom stereocenters. The van der Waals surface area contributed by atoms with Crippen molar-refractivity contribution in [3.8, 4) is 0 Å². The number of carboxylic acids is 1. The summed E-state index contributed by atoms with van der Waals surface area (Å²) in [7, 11) is 1.62. The Hall–Kier alpha value is -1.89. The van der Waals surface area contributed by atoms with Crippen LogP contribution in [0.2, 0.25) is 0 Å². The lowest BCUT2D eigenvalue weighted by Gasteiger charge is -2.25. The first kappa shape index (κ1) is 15.5. The minimum absolute atomic E-state index is 0.118. The lowest BCUT2D eigenvalue weighted by Crippen LogP contribution is -2.30. The van der Waals surface area contributed by atoms with Crippen LogP contribution >= 0.6 is 0 Å². The van der Waals surface area contributed by atoms with Gasteiger partial charge in [-0.1, -0.05) is 6.42 Å². The maximum Gasteiger partial charge on any atom is 0.306 e. The average Bonchev–Trinajstić information content (AvgIpc) is 2.92. The summed E-state index contributed by atoms with van der Waals surface area (Å²) in [6.07, 6.45) is 5.93. The molecule has 2 N–H and O–H groups in total. The fourth-order valence-electron chi connectivity index (χ4n) is 2.63. The molecule has 1 aromatic heterocycles. The van der Waals surface area contributed by atoms with Crippen LogP contribution in [0.3, 0.4) is 0 Å². The Labute approximate surface area is 123 Å². The number of carbonyl (C=O) groups excluding carboxylic acids is 1. The summed E-state index contributed by atoms with van der Waals surface area (Å²) in [5, 5.41) is 16.0. The topological polar surface area (TPSA) is 93.5 Å². The third-order valence-corrected chi connectivity index (χ3v) is 3.82. The second-order valence-electron chi connectivity index (χ2n) is 5.37. The number of methoxy groups -OCH3 is 1. The zero-order valence-corrected chi connectivity index (χ0v) is 12.1. The van der Waals surface area contributed by atoms with Crippen molar-refractivity contribution in [2.45, 2.75) is 32.2 Å². The van der Waals surface area contributed by atoms with E-state index in [-0.39, 0.29) is 11.8 Å². The van der Waals surface area contributed by atoms with E-state index >= 15 is 0 Å². The van der Waals surface area contributed by atoms with Crippen LogP contribution in [0.15, 0.2) is 12.4 Å². The number of aliphatic carboxylic acids is 1. The predicted octanol–water partition coefficient (Wildman–Crippen LogP) is 1.36. The van der Waals surface area contributed by atoms with Crippen LogP contribution in [-0.4, -0.2) is 40.5 Å². The van der Waals surface area contributed by atoms with E-state index in [9.17, 15) is 9.59 Å². The summed E-state index contributed by atoms with van der Waals surface area (Å²) < 4.78 is 6.66. The summed E-state index contributed by atoms with van der Waals surface area (Å²) in [5.41, 5.74) is 0.633. The number of ether oxygens (including phenoxy) is 1. The van der Waals surface area contributed by atoms with Crippen LogP contribution in [0.25, 0.3) is 0 Å². The van der Waals surface area contributed by atoms with Crippen molar-refractivity contribution in [2.75, 3.05) is 19.0 Å². The fourth-order valence-corrected chi connectivity index (χ4v) is 2.63. The molecule has 0 aromatic carbocycles. The number of carbonyl (C=O) groups is 2.